The predicted octanol–water partition coefficient (Wildman–Crippen LogP) is 6.64. The van der Waals surface area contributed by atoms with E-state index in [-0.39, 0.29) is 17.3 Å². The molecule has 174 valence electrons. The zero-order chi connectivity index (χ0) is 23.9. The molecule has 0 radical (unpaired) electrons. The van der Waals surface area contributed by atoms with Crippen LogP contribution in [0, 0.1) is 18.3 Å². The van der Waals surface area contributed by atoms with Crippen LogP contribution in [0.4, 0.5) is 0 Å². The molecule has 0 saturated carbocycles. The van der Waals surface area contributed by atoms with Crippen molar-refractivity contribution in [3.63, 3.8) is 0 Å². The van der Waals surface area contributed by atoms with Crippen molar-refractivity contribution in [2.75, 3.05) is 6.54 Å². The second-order valence-electron chi connectivity index (χ2n) is 10.8. The van der Waals surface area contributed by atoms with Crippen molar-refractivity contribution in [1.29, 1.82) is 0 Å². The summed E-state index contributed by atoms with van der Waals surface area (Å²) in [4.78, 5) is 0.369. The summed E-state index contributed by atoms with van der Waals surface area (Å²) in [6.45, 7) is 11.1. The van der Waals surface area contributed by atoms with E-state index in [4.69, 9.17) is 0 Å². The van der Waals surface area contributed by atoms with Crippen LogP contribution in [0.2, 0.25) is 0 Å². The van der Waals surface area contributed by atoms with E-state index in [0.29, 0.717) is 11.4 Å². The van der Waals surface area contributed by atoms with Gasteiger partial charge in [-0.15, -0.1) is 0 Å². The number of benzene rings is 3. The summed E-state index contributed by atoms with van der Waals surface area (Å²) in [7, 11) is -3.65. The van der Waals surface area contributed by atoms with E-state index in [1.165, 1.54) is 11.1 Å². The molecule has 3 nitrogen and oxygen atoms in total. The molecule has 0 unspecified atom stereocenters. The molecule has 0 aliphatic carbocycles. The molecule has 1 saturated heterocycles. The van der Waals surface area contributed by atoms with E-state index in [2.05, 4.69) is 76.2 Å². The third-order valence-corrected chi connectivity index (χ3v) is 9.27. The normalized spacial score (nSPS) is 20.6. The number of nitrogens with zero attached hydrogens (tertiary/aromatic N) is 1. The minimum atomic E-state index is -3.65. The van der Waals surface area contributed by atoms with Gasteiger partial charge in [0.15, 0.2) is 0 Å². The largest absolute Gasteiger partial charge is 0.243 e. The lowest BCUT2D eigenvalue weighted by atomic mass is 9.63. The molecule has 0 spiro atoms. The molecule has 4 heteroatoms. The second-order valence-corrected chi connectivity index (χ2v) is 12.6. The Kier molecular flexibility index (Phi) is 6.28. The first-order valence-corrected chi connectivity index (χ1v) is 13.2. The van der Waals surface area contributed by atoms with Crippen LogP contribution in [-0.2, 0) is 10.0 Å². The van der Waals surface area contributed by atoms with Gasteiger partial charge < -0.3 is 0 Å². The van der Waals surface area contributed by atoms with Crippen molar-refractivity contribution in [3.05, 3.63) is 102 Å². The van der Waals surface area contributed by atoms with E-state index in [0.717, 1.165) is 12.0 Å². The first-order chi connectivity index (χ1) is 15.5. The van der Waals surface area contributed by atoms with Crippen molar-refractivity contribution in [2.45, 2.75) is 57.4 Å². The SMILES string of the molecule is Cc1ccc(S(=O)(=O)N2CC(C)(C)C[C@H](C(c3ccccc3)c3ccccc3)C2(C)C)cc1. The molecule has 3 aromatic rings. The first-order valence-electron chi connectivity index (χ1n) is 11.7. The van der Waals surface area contributed by atoms with Gasteiger partial charge in [-0.2, -0.15) is 4.31 Å². The summed E-state index contributed by atoms with van der Waals surface area (Å²) in [6.07, 6.45) is 0.939. The third-order valence-electron chi connectivity index (χ3n) is 7.22. The maximum atomic E-state index is 14.0. The lowest BCUT2D eigenvalue weighted by Gasteiger charge is -2.55. The van der Waals surface area contributed by atoms with Crippen LogP contribution in [0.1, 0.15) is 56.7 Å². The van der Waals surface area contributed by atoms with Gasteiger partial charge in [0.2, 0.25) is 10.0 Å². The minimum absolute atomic E-state index is 0.0951. The van der Waals surface area contributed by atoms with Gasteiger partial charge in [-0.05, 0) is 61.8 Å². The van der Waals surface area contributed by atoms with E-state index in [1.54, 1.807) is 16.4 Å². The zero-order valence-electron chi connectivity index (χ0n) is 20.3. The first kappa shape index (κ1) is 23.7. The van der Waals surface area contributed by atoms with Crippen molar-refractivity contribution in [2.24, 2.45) is 11.3 Å². The molecular weight excluding hydrogens is 426 g/mol. The Morgan fingerprint density at radius 2 is 1.27 bits per heavy atom. The van der Waals surface area contributed by atoms with E-state index in [9.17, 15) is 8.42 Å². The highest BCUT2D eigenvalue weighted by Gasteiger charge is 2.53. The van der Waals surface area contributed by atoms with Gasteiger partial charge in [-0.25, -0.2) is 8.42 Å². The topological polar surface area (TPSA) is 37.4 Å². The zero-order valence-corrected chi connectivity index (χ0v) is 21.1. The highest BCUT2D eigenvalue weighted by atomic mass is 32.2. The fraction of sp³-hybridized carbons (Fsp3) is 0.379. The molecule has 4 rings (SSSR count). The number of hydrogen-bond acceptors (Lipinski definition) is 2. The molecule has 1 heterocycles. The summed E-state index contributed by atoms with van der Waals surface area (Å²) in [5.74, 6) is 0.198. The van der Waals surface area contributed by atoms with Crippen LogP contribution < -0.4 is 0 Å². The fourth-order valence-corrected chi connectivity index (χ4v) is 7.43. The van der Waals surface area contributed by atoms with Crippen molar-refractivity contribution in [3.8, 4) is 0 Å². The van der Waals surface area contributed by atoms with Gasteiger partial charge >= 0.3 is 0 Å². The Hall–Kier alpha value is -2.43. The second kappa shape index (κ2) is 8.73. The molecule has 1 aliphatic rings. The quantitative estimate of drug-likeness (QED) is 0.427. The molecule has 0 bridgehead atoms. The highest BCUT2D eigenvalue weighted by molar-refractivity contribution is 7.89. The summed E-state index contributed by atoms with van der Waals surface area (Å²) >= 11 is 0. The molecule has 0 aromatic heterocycles. The Morgan fingerprint density at radius 3 is 1.76 bits per heavy atom. The van der Waals surface area contributed by atoms with Gasteiger partial charge in [-0.3, -0.25) is 0 Å². The van der Waals surface area contributed by atoms with Crippen molar-refractivity contribution >= 4 is 10.0 Å². The monoisotopic (exact) mass is 461 g/mol. The molecule has 1 atom stereocenters. The molecule has 33 heavy (non-hydrogen) atoms. The summed E-state index contributed by atoms with van der Waals surface area (Å²) < 4.78 is 29.7. The van der Waals surface area contributed by atoms with Crippen molar-refractivity contribution < 1.29 is 8.42 Å². The number of rotatable bonds is 5. The van der Waals surface area contributed by atoms with E-state index in [1.807, 2.05) is 31.2 Å². The molecule has 1 fully saturated rings. The molecule has 0 N–H and O–H groups in total. The number of sulfonamides is 1. The summed E-state index contributed by atoms with van der Waals surface area (Å²) in [5, 5.41) is 0. The Balaban J connectivity index is 1.86. The smallest absolute Gasteiger partial charge is 0.207 e. The third kappa shape index (κ3) is 4.64. The van der Waals surface area contributed by atoms with Gasteiger partial charge in [0.25, 0.3) is 0 Å². The van der Waals surface area contributed by atoms with Gasteiger partial charge in [0.05, 0.1) is 4.90 Å². The lowest BCUT2D eigenvalue weighted by Crippen LogP contribution is -2.61. The van der Waals surface area contributed by atoms with E-state index < -0.39 is 15.6 Å². The van der Waals surface area contributed by atoms with Crippen LogP contribution >= 0.6 is 0 Å². The maximum Gasteiger partial charge on any atom is 0.243 e. The number of piperidine rings is 1. The minimum Gasteiger partial charge on any atom is -0.207 e. The molecule has 0 amide bonds. The average Bonchev–Trinajstić information content (AvgIpc) is 2.78. The lowest BCUT2D eigenvalue weighted by molar-refractivity contribution is 0.0123. The van der Waals surface area contributed by atoms with Crippen LogP contribution in [0.15, 0.2) is 89.8 Å². The maximum absolute atomic E-state index is 14.0. The van der Waals surface area contributed by atoms with Gasteiger partial charge in [0.1, 0.15) is 0 Å². The van der Waals surface area contributed by atoms with Gasteiger partial charge in [-0.1, -0.05) is 92.2 Å². The highest BCUT2D eigenvalue weighted by Crippen LogP contribution is 2.51. The molecular formula is C29H35NO2S. The van der Waals surface area contributed by atoms with Crippen LogP contribution in [0.5, 0.6) is 0 Å². The summed E-state index contributed by atoms with van der Waals surface area (Å²) in [5.41, 5.74) is 2.78. The Morgan fingerprint density at radius 1 is 0.788 bits per heavy atom. The molecule has 1 aliphatic heterocycles. The summed E-state index contributed by atoms with van der Waals surface area (Å²) in [6, 6.07) is 28.3. The number of hydrogen-bond donors (Lipinski definition) is 0. The Labute approximate surface area is 199 Å². The standard InChI is InChI=1S/C29H35NO2S/c1-22-16-18-25(19-17-22)33(31,32)30-21-28(2,3)20-26(29(30,4)5)27(23-12-8-6-9-13-23)24-14-10-7-11-15-24/h6-19,26-27H,20-21H2,1-5H3/t26-/m1/s1. The Bertz CT molecular complexity index is 1140. The van der Waals surface area contributed by atoms with Crippen LogP contribution in [0.25, 0.3) is 0 Å². The molecule has 3 aromatic carbocycles. The van der Waals surface area contributed by atoms with Crippen molar-refractivity contribution in [1.82, 2.24) is 4.31 Å². The van der Waals surface area contributed by atoms with E-state index >= 15 is 0 Å². The predicted molar refractivity (Wildman–Crippen MR) is 136 cm³/mol. The van der Waals surface area contributed by atoms with Crippen LogP contribution in [-0.4, -0.2) is 24.8 Å². The number of aryl methyl sites for hydroxylation is 1. The average molecular weight is 462 g/mol. The fourth-order valence-electron chi connectivity index (χ4n) is 5.42. The van der Waals surface area contributed by atoms with Gasteiger partial charge in [0, 0.05) is 18.0 Å². The van der Waals surface area contributed by atoms with Crippen LogP contribution in [0.3, 0.4) is 0 Å².